The molecule has 0 unspecified atom stereocenters. The lowest BCUT2D eigenvalue weighted by atomic mass is 10.3. The lowest BCUT2D eigenvalue weighted by Crippen LogP contribution is -2.37. The van der Waals surface area contributed by atoms with Crippen molar-refractivity contribution in [3.8, 4) is 5.75 Å². The highest BCUT2D eigenvalue weighted by Gasteiger charge is 2.17. The number of hydrogen-bond acceptors (Lipinski definition) is 5. The highest BCUT2D eigenvalue weighted by molar-refractivity contribution is 5.77. The highest BCUT2D eigenvalue weighted by Crippen LogP contribution is 2.25. The van der Waals surface area contributed by atoms with E-state index < -0.39 is 4.92 Å². The van der Waals surface area contributed by atoms with Gasteiger partial charge in [-0.2, -0.15) is 0 Å². The number of para-hydroxylation sites is 2. The first kappa shape index (κ1) is 15.9. The Kier molecular flexibility index (Phi) is 6.45. The quantitative estimate of drug-likeness (QED) is 0.571. The predicted molar refractivity (Wildman–Crippen MR) is 72.5 cm³/mol. The zero-order valence-electron chi connectivity index (χ0n) is 11.3. The van der Waals surface area contributed by atoms with Crippen LogP contribution in [0.1, 0.15) is 13.3 Å². The van der Waals surface area contributed by atoms with Gasteiger partial charge in [0.05, 0.1) is 11.5 Å². The number of nitro groups is 1. The normalized spacial score (nSPS) is 10.1. The second kappa shape index (κ2) is 8.11. The summed E-state index contributed by atoms with van der Waals surface area (Å²) in [5.41, 5.74) is -0.176. The minimum Gasteiger partial charge on any atom is -0.477 e. The molecule has 1 amide bonds. The number of carbonyl (C=O) groups is 1. The van der Waals surface area contributed by atoms with Crippen LogP contribution in [0.2, 0.25) is 0 Å². The maximum absolute atomic E-state index is 11.9. The fourth-order valence-corrected chi connectivity index (χ4v) is 1.71. The van der Waals surface area contributed by atoms with Gasteiger partial charge in [0.15, 0.2) is 12.4 Å². The van der Waals surface area contributed by atoms with Crippen molar-refractivity contribution < 1.29 is 19.6 Å². The summed E-state index contributed by atoms with van der Waals surface area (Å²) in [5.74, 6) is -0.245. The van der Waals surface area contributed by atoms with Gasteiger partial charge < -0.3 is 14.7 Å². The molecule has 1 N–H and O–H groups in total. The van der Waals surface area contributed by atoms with Crippen LogP contribution >= 0.6 is 0 Å². The lowest BCUT2D eigenvalue weighted by Gasteiger charge is -2.20. The van der Waals surface area contributed by atoms with Gasteiger partial charge in [-0.3, -0.25) is 14.9 Å². The van der Waals surface area contributed by atoms with Crippen molar-refractivity contribution in [1.82, 2.24) is 4.90 Å². The minimum atomic E-state index is -0.558. The molecule has 0 saturated heterocycles. The number of nitro benzene ring substituents is 1. The van der Waals surface area contributed by atoms with E-state index in [9.17, 15) is 14.9 Å². The third-order valence-electron chi connectivity index (χ3n) is 2.63. The Morgan fingerprint density at radius 1 is 1.40 bits per heavy atom. The van der Waals surface area contributed by atoms with Crippen molar-refractivity contribution in [2.75, 3.05) is 26.3 Å². The van der Waals surface area contributed by atoms with Crippen LogP contribution in [0, 0.1) is 10.1 Å². The molecule has 0 aliphatic carbocycles. The highest BCUT2D eigenvalue weighted by atomic mass is 16.6. The molecule has 0 heterocycles. The number of rotatable bonds is 8. The molecule has 1 rings (SSSR count). The number of carbonyl (C=O) groups excluding carboxylic acids is 1. The Hall–Kier alpha value is -2.15. The van der Waals surface area contributed by atoms with Crippen molar-refractivity contribution in [3.63, 3.8) is 0 Å². The zero-order valence-corrected chi connectivity index (χ0v) is 11.3. The number of aliphatic hydroxyl groups is 1. The average molecular weight is 282 g/mol. The van der Waals surface area contributed by atoms with Crippen molar-refractivity contribution in [1.29, 1.82) is 0 Å². The van der Waals surface area contributed by atoms with E-state index in [1.54, 1.807) is 6.07 Å². The summed E-state index contributed by atoms with van der Waals surface area (Å²) in [6, 6.07) is 5.89. The largest absolute Gasteiger partial charge is 0.477 e. The van der Waals surface area contributed by atoms with Crippen molar-refractivity contribution in [3.05, 3.63) is 34.4 Å². The van der Waals surface area contributed by atoms with E-state index in [4.69, 9.17) is 9.84 Å². The molecule has 0 radical (unpaired) electrons. The minimum absolute atomic E-state index is 0.0614. The number of aliphatic hydroxyl groups excluding tert-OH is 1. The van der Waals surface area contributed by atoms with E-state index >= 15 is 0 Å². The molecule has 1 aromatic rings. The van der Waals surface area contributed by atoms with Crippen LogP contribution in [-0.2, 0) is 4.79 Å². The summed E-state index contributed by atoms with van der Waals surface area (Å²) in [4.78, 5) is 23.6. The zero-order chi connectivity index (χ0) is 15.0. The van der Waals surface area contributed by atoms with Gasteiger partial charge in [0, 0.05) is 19.2 Å². The Morgan fingerprint density at radius 2 is 2.10 bits per heavy atom. The number of hydrogen-bond donors (Lipinski definition) is 1. The van der Waals surface area contributed by atoms with E-state index in [1.165, 1.54) is 23.1 Å². The van der Waals surface area contributed by atoms with Gasteiger partial charge in [-0.15, -0.1) is 0 Å². The molecule has 0 bridgehead atoms. The van der Waals surface area contributed by atoms with E-state index in [1.807, 2.05) is 6.92 Å². The summed E-state index contributed by atoms with van der Waals surface area (Å²) in [6.07, 6.45) is 0.761. The van der Waals surface area contributed by atoms with Gasteiger partial charge in [-0.25, -0.2) is 0 Å². The van der Waals surface area contributed by atoms with E-state index in [0.717, 1.165) is 6.42 Å². The molecule has 110 valence electrons. The first-order valence-electron chi connectivity index (χ1n) is 6.35. The van der Waals surface area contributed by atoms with Crippen LogP contribution in [0.3, 0.4) is 0 Å². The topological polar surface area (TPSA) is 92.9 Å². The fourth-order valence-electron chi connectivity index (χ4n) is 1.71. The number of benzene rings is 1. The Balaban J connectivity index is 2.66. The van der Waals surface area contributed by atoms with Gasteiger partial charge in [0.2, 0.25) is 0 Å². The van der Waals surface area contributed by atoms with Crippen LogP contribution in [0.25, 0.3) is 0 Å². The molecule has 0 saturated carbocycles. The molecule has 0 aromatic heterocycles. The molecule has 0 fully saturated rings. The van der Waals surface area contributed by atoms with Gasteiger partial charge in [0.25, 0.3) is 5.91 Å². The first-order chi connectivity index (χ1) is 9.60. The maximum atomic E-state index is 11.9. The molecule has 7 heteroatoms. The Bertz CT molecular complexity index is 458. The van der Waals surface area contributed by atoms with Gasteiger partial charge in [-0.05, 0) is 12.5 Å². The molecule has 0 spiro atoms. The second-order valence-electron chi connectivity index (χ2n) is 4.12. The summed E-state index contributed by atoms with van der Waals surface area (Å²) >= 11 is 0. The third-order valence-corrected chi connectivity index (χ3v) is 2.63. The van der Waals surface area contributed by atoms with E-state index in [0.29, 0.717) is 6.54 Å². The number of amides is 1. The second-order valence-corrected chi connectivity index (χ2v) is 4.12. The standard InChI is InChI=1S/C13H18N2O5/c1-2-7-14(8-9-16)13(17)10-20-12-6-4-3-5-11(12)15(18)19/h3-6,16H,2,7-10H2,1H3. The molecule has 0 atom stereocenters. The predicted octanol–water partition coefficient (Wildman–Crippen LogP) is 1.20. The van der Waals surface area contributed by atoms with Crippen molar-refractivity contribution >= 4 is 11.6 Å². The average Bonchev–Trinajstić information content (AvgIpc) is 2.44. The van der Waals surface area contributed by atoms with E-state index in [-0.39, 0.29) is 37.1 Å². The van der Waals surface area contributed by atoms with Crippen molar-refractivity contribution in [2.45, 2.75) is 13.3 Å². The molecule has 0 aliphatic rings. The Morgan fingerprint density at radius 3 is 2.70 bits per heavy atom. The monoisotopic (exact) mass is 282 g/mol. The van der Waals surface area contributed by atoms with Crippen LogP contribution in [0.15, 0.2) is 24.3 Å². The molecule has 20 heavy (non-hydrogen) atoms. The summed E-state index contributed by atoms with van der Waals surface area (Å²) in [7, 11) is 0. The number of nitrogens with zero attached hydrogens (tertiary/aromatic N) is 2. The van der Waals surface area contributed by atoms with Gasteiger partial charge >= 0.3 is 5.69 Å². The SMILES string of the molecule is CCCN(CCO)C(=O)COc1ccccc1[N+](=O)[O-]. The molecule has 7 nitrogen and oxygen atoms in total. The summed E-state index contributed by atoms with van der Waals surface area (Å²) < 4.78 is 5.22. The van der Waals surface area contributed by atoms with Crippen LogP contribution < -0.4 is 4.74 Å². The molecular formula is C13H18N2O5. The Labute approximate surface area is 116 Å². The smallest absolute Gasteiger partial charge is 0.310 e. The van der Waals surface area contributed by atoms with Gasteiger partial charge in [-0.1, -0.05) is 19.1 Å². The maximum Gasteiger partial charge on any atom is 0.310 e. The van der Waals surface area contributed by atoms with Crippen LogP contribution in [0.4, 0.5) is 5.69 Å². The van der Waals surface area contributed by atoms with Crippen LogP contribution in [0.5, 0.6) is 5.75 Å². The third kappa shape index (κ3) is 4.51. The first-order valence-corrected chi connectivity index (χ1v) is 6.35. The molecular weight excluding hydrogens is 264 g/mol. The summed E-state index contributed by atoms with van der Waals surface area (Å²) in [5, 5.41) is 19.7. The fraction of sp³-hybridized carbons (Fsp3) is 0.462. The molecule has 1 aromatic carbocycles. The van der Waals surface area contributed by atoms with Crippen LogP contribution in [-0.4, -0.2) is 47.1 Å². The number of ether oxygens (including phenoxy) is 1. The van der Waals surface area contributed by atoms with E-state index in [2.05, 4.69) is 0 Å². The van der Waals surface area contributed by atoms with Gasteiger partial charge in [0.1, 0.15) is 0 Å². The van der Waals surface area contributed by atoms with Crippen molar-refractivity contribution in [2.24, 2.45) is 0 Å². The lowest BCUT2D eigenvalue weighted by molar-refractivity contribution is -0.385. The summed E-state index contributed by atoms with van der Waals surface area (Å²) in [6.45, 7) is 2.25. The molecule has 0 aliphatic heterocycles.